The van der Waals surface area contributed by atoms with E-state index in [0.717, 1.165) is 10.00 Å². The first-order chi connectivity index (χ1) is 11.6. The molecule has 1 aromatic heterocycles. The summed E-state index contributed by atoms with van der Waals surface area (Å²) in [5, 5.41) is 6.84. The second-order valence-corrected chi connectivity index (χ2v) is 8.40. The van der Waals surface area contributed by atoms with Crippen molar-refractivity contribution in [3.63, 3.8) is 0 Å². The molecule has 0 fully saturated rings. The van der Waals surface area contributed by atoms with Gasteiger partial charge in [-0.25, -0.2) is 12.7 Å². The van der Waals surface area contributed by atoms with Gasteiger partial charge in [-0.1, -0.05) is 23.2 Å². The van der Waals surface area contributed by atoms with Gasteiger partial charge in [0.05, 0.1) is 33.2 Å². The highest BCUT2D eigenvalue weighted by molar-refractivity contribution is 7.89. The quantitative estimate of drug-likeness (QED) is 0.829. The summed E-state index contributed by atoms with van der Waals surface area (Å²) in [6.07, 6.45) is 1.53. The molecular formula is C15H18Cl2N4O3S. The smallest absolute Gasteiger partial charge is 0.257 e. The number of nitrogens with zero attached hydrogens (tertiary/aromatic N) is 3. The van der Waals surface area contributed by atoms with Crippen LogP contribution in [0, 0.1) is 6.92 Å². The first-order valence-electron chi connectivity index (χ1n) is 7.35. The Bertz CT molecular complexity index is 923. The van der Waals surface area contributed by atoms with Crippen molar-refractivity contribution in [1.29, 1.82) is 0 Å². The SMILES string of the molecule is CCn1ncc(NC(=O)c2cc(S(=O)(=O)N(C)C)c(Cl)cc2Cl)c1C. The third-order valence-corrected chi connectivity index (χ3v) is 6.27. The molecule has 0 bridgehead atoms. The zero-order valence-corrected chi connectivity index (χ0v) is 16.5. The average molecular weight is 405 g/mol. The van der Waals surface area contributed by atoms with Crippen LogP contribution in [0.5, 0.6) is 0 Å². The van der Waals surface area contributed by atoms with E-state index in [4.69, 9.17) is 23.2 Å². The van der Waals surface area contributed by atoms with Crippen LogP contribution in [0.25, 0.3) is 0 Å². The van der Waals surface area contributed by atoms with Crippen molar-refractivity contribution in [2.45, 2.75) is 25.3 Å². The summed E-state index contributed by atoms with van der Waals surface area (Å²) in [4.78, 5) is 12.4. The van der Waals surface area contributed by atoms with E-state index in [2.05, 4.69) is 10.4 Å². The minimum absolute atomic E-state index is 0.00939. The van der Waals surface area contributed by atoms with Crippen LogP contribution in [0.2, 0.25) is 10.0 Å². The number of hydrogen-bond donors (Lipinski definition) is 1. The van der Waals surface area contributed by atoms with Gasteiger partial charge in [-0.05, 0) is 26.0 Å². The van der Waals surface area contributed by atoms with Crippen molar-refractivity contribution < 1.29 is 13.2 Å². The minimum atomic E-state index is -3.81. The second-order valence-electron chi connectivity index (χ2n) is 5.46. The summed E-state index contributed by atoms with van der Waals surface area (Å²) < 4.78 is 27.4. The normalized spacial score (nSPS) is 11.8. The number of carbonyl (C=O) groups is 1. The fraction of sp³-hybridized carbons (Fsp3) is 0.333. The fourth-order valence-electron chi connectivity index (χ4n) is 2.18. The van der Waals surface area contributed by atoms with E-state index in [1.54, 1.807) is 4.68 Å². The molecule has 1 heterocycles. The summed E-state index contributed by atoms with van der Waals surface area (Å²) in [7, 11) is -1.06. The summed E-state index contributed by atoms with van der Waals surface area (Å²) >= 11 is 12.1. The minimum Gasteiger partial charge on any atom is -0.319 e. The number of halogens is 2. The van der Waals surface area contributed by atoms with Gasteiger partial charge in [0.1, 0.15) is 4.90 Å². The molecule has 0 aliphatic heterocycles. The van der Waals surface area contributed by atoms with Crippen LogP contribution in [0.15, 0.2) is 23.2 Å². The van der Waals surface area contributed by atoms with Crippen molar-refractivity contribution in [2.24, 2.45) is 0 Å². The van der Waals surface area contributed by atoms with E-state index in [-0.39, 0.29) is 20.5 Å². The Hall–Kier alpha value is -1.61. The molecule has 1 amide bonds. The van der Waals surface area contributed by atoms with E-state index in [1.807, 2.05) is 13.8 Å². The predicted octanol–water partition coefficient (Wildman–Crippen LogP) is 3.02. The van der Waals surface area contributed by atoms with Gasteiger partial charge in [-0.15, -0.1) is 0 Å². The van der Waals surface area contributed by atoms with E-state index < -0.39 is 15.9 Å². The first-order valence-corrected chi connectivity index (χ1v) is 9.54. The largest absolute Gasteiger partial charge is 0.319 e. The van der Waals surface area contributed by atoms with E-state index >= 15 is 0 Å². The predicted molar refractivity (Wildman–Crippen MR) is 97.9 cm³/mol. The third-order valence-electron chi connectivity index (χ3n) is 3.68. The Balaban J connectivity index is 2.45. The molecule has 0 radical (unpaired) electrons. The Morgan fingerprint density at radius 1 is 1.28 bits per heavy atom. The standard InChI is InChI=1S/C15H18Cl2N4O3S/c1-5-21-9(2)13(8-18-21)19-15(22)10-6-14(12(17)7-11(10)16)25(23,24)20(3)4/h6-8H,5H2,1-4H3,(H,19,22). The Morgan fingerprint density at radius 2 is 1.92 bits per heavy atom. The van der Waals surface area contributed by atoms with Crippen LogP contribution < -0.4 is 5.32 Å². The van der Waals surface area contributed by atoms with Gasteiger partial charge >= 0.3 is 0 Å². The number of aryl methyl sites for hydroxylation is 1. The van der Waals surface area contributed by atoms with Gasteiger partial charge in [0.15, 0.2) is 0 Å². The molecule has 2 aromatic rings. The molecule has 0 saturated carbocycles. The summed E-state index contributed by atoms with van der Waals surface area (Å²) in [6, 6.07) is 2.42. The average Bonchev–Trinajstić information content (AvgIpc) is 2.87. The van der Waals surface area contributed by atoms with Crippen molar-refractivity contribution in [1.82, 2.24) is 14.1 Å². The number of anilines is 1. The number of aromatic nitrogens is 2. The molecule has 2 rings (SSSR count). The van der Waals surface area contributed by atoms with Crippen molar-refractivity contribution in [3.8, 4) is 0 Å². The molecule has 25 heavy (non-hydrogen) atoms. The molecule has 136 valence electrons. The van der Waals surface area contributed by atoms with Gasteiger partial charge in [0.25, 0.3) is 5.91 Å². The third kappa shape index (κ3) is 3.82. The number of amides is 1. The molecule has 0 unspecified atom stereocenters. The van der Waals surface area contributed by atoms with Gasteiger partial charge in [-0.3, -0.25) is 9.48 Å². The highest BCUT2D eigenvalue weighted by atomic mass is 35.5. The lowest BCUT2D eigenvalue weighted by atomic mass is 10.2. The topological polar surface area (TPSA) is 84.3 Å². The van der Waals surface area contributed by atoms with E-state index in [9.17, 15) is 13.2 Å². The number of sulfonamides is 1. The van der Waals surface area contributed by atoms with E-state index in [0.29, 0.717) is 12.2 Å². The molecule has 0 spiro atoms. The lowest BCUT2D eigenvalue weighted by molar-refractivity contribution is 0.102. The van der Waals surface area contributed by atoms with Crippen LogP contribution in [-0.2, 0) is 16.6 Å². The highest BCUT2D eigenvalue weighted by Crippen LogP contribution is 2.30. The molecule has 1 aromatic carbocycles. The van der Waals surface area contributed by atoms with Gasteiger partial charge in [-0.2, -0.15) is 5.10 Å². The zero-order valence-electron chi connectivity index (χ0n) is 14.2. The molecule has 0 saturated heterocycles. The molecule has 0 atom stereocenters. The van der Waals surface area contributed by atoms with Crippen molar-refractivity contribution >= 4 is 44.8 Å². The Labute approximate surface area is 156 Å². The van der Waals surface area contributed by atoms with Crippen LogP contribution >= 0.6 is 23.2 Å². The van der Waals surface area contributed by atoms with Crippen LogP contribution in [-0.4, -0.2) is 42.5 Å². The summed E-state index contributed by atoms with van der Waals surface area (Å²) in [5.41, 5.74) is 1.31. The van der Waals surface area contributed by atoms with Crippen LogP contribution in [0.4, 0.5) is 5.69 Å². The Kier molecular flexibility index (Phi) is 5.78. The summed E-state index contributed by atoms with van der Waals surface area (Å²) in [6.45, 7) is 4.41. The number of hydrogen-bond acceptors (Lipinski definition) is 4. The van der Waals surface area contributed by atoms with Gasteiger partial charge < -0.3 is 5.32 Å². The monoisotopic (exact) mass is 404 g/mol. The number of rotatable bonds is 5. The molecule has 10 heteroatoms. The lowest BCUT2D eigenvalue weighted by Gasteiger charge is -2.15. The maximum absolute atomic E-state index is 12.6. The molecule has 1 N–H and O–H groups in total. The number of nitrogens with one attached hydrogen (secondary N) is 1. The maximum Gasteiger partial charge on any atom is 0.257 e. The first kappa shape index (κ1) is 19.7. The van der Waals surface area contributed by atoms with Crippen LogP contribution in [0.1, 0.15) is 23.0 Å². The number of carbonyl (C=O) groups excluding carboxylic acids is 1. The maximum atomic E-state index is 12.6. The van der Waals surface area contributed by atoms with Crippen molar-refractivity contribution in [2.75, 3.05) is 19.4 Å². The molecule has 7 nitrogen and oxygen atoms in total. The van der Waals surface area contributed by atoms with Crippen molar-refractivity contribution in [3.05, 3.63) is 39.6 Å². The fourth-order valence-corrected chi connectivity index (χ4v) is 3.90. The van der Waals surface area contributed by atoms with Gasteiger partial charge in [0, 0.05) is 20.6 Å². The number of benzene rings is 1. The molecular weight excluding hydrogens is 387 g/mol. The zero-order chi connectivity index (χ0) is 18.9. The molecule has 0 aliphatic carbocycles. The highest BCUT2D eigenvalue weighted by Gasteiger charge is 2.25. The lowest BCUT2D eigenvalue weighted by Crippen LogP contribution is -2.23. The second kappa shape index (κ2) is 7.33. The van der Waals surface area contributed by atoms with Crippen LogP contribution in [0.3, 0.4) is 0 Å². The summed E-state index contributed by atoms with van der Waals surface area (Å²) in [5.74, 6) is -0.546. The van der Waals surface area contributed by atoms with E-state index in [1.165, 1.54) is 32.4 Å². The molecule has 0 aliphatic rings. The van der Waals surface area contributed by atoms with Gasteiger partial charge in [0.2, 0.25) is 10.0 Å². The Morgan fingerprint density at radius 3 is 2.44 bits per heavy atom.